The van der Waals surface area contributed by atoms with Crippen LogP contribution < -0.4 is 4.90 Å². The van der Waals surface area contributed by atoms with Crippen molar-refractivity contribution >= 4 is 55.7 Å². The summed E-state index contributed by atoms with van der Waals surface area (Å²) in [7, 11) is 0. The topological polar surface area (TPSA) is 51.5 Å². The number of allylic oxidation sites excluding steroid dienone is 3. The largest absolute Gasteiger partial charge is 0.436 e. The van der Waals surface area contributed by atoms with Gasteiger partial charge in [-0.25, -0.2) is 4.98 Å². The van der Waals surface area contributed by atoms with Crippen LogP contribution in [0.3, 0.4) is 0 Å². The Hall–Kier alpha value is -5.88. The summed E-state index contributed by atoms with van der Waals surface area (Å²) in [5.74, 6) is 0.196. The van der Waals surface area contributed by atoms with Gasteiger partial charge in [0.25, 0.3) is 0 Å². The SMILES string of the molecule is C1=CC2=C(CC1)c1c(n(-c3ccccc3)c3ccccc13)C1C2c2ccccc2N1c1ccc2oc3c(nc4cccnn43)c2c1. The van der Waals surface area contributed by atoms with Crippen molar-refractivity contribution in [2.24, 2.45) is 0 Å². The zero-order chi connectivity index (χ0) is 29.9. The lowest BCUT2D eigenvalue weighted by molar-refractivity contribution is 0.613. The summed E-state index contributed by atoms with van der Waals surface area (Å²) >= 11 is 0. The molecule has 0 spiro atoms. The molecule has 6 heteroatoms. The highest BCUT2D eigenvalue weighted by Crippen LogP contribution is 2.62. The molecule has 0 radical (unpaired) electrons. The van der Waals surface area contributed by atoms with Gasteiger partial charge in [-0.1, -0.05) is 66.7 Å². The maximum absolute atomic E-state index is 6.34. The van der Waals surface area contributed by atoms with Crippen molar-refractivity contribution in [3.05, 3.63) is 150 Å². The van der Waals surface area contributed by atoms with Crippen molar-refractivity contribution in [3.63, 3.8) is 0 Å². The molecule has 0 N–H and O–H groups in total. The third-order valence-corrected chi connectivity index (χ3v) is 10.2. The van der Waals surface area contributed by atoms with Gasteiger partial charge in [0.1, 0.15) is 11.1 Å². The summed E-state index contributed by atoms with van der Waals surface area (Å²) in [6.07, 6.45) is 8.67. The van der Waals surface area contributed by atoms with Gasteiger partial charge in [-0.05, 0) is 84.1 Å². The summed E-state index contributed by atoms with van der Waals surface area (Å²) < 4.78 is 10.7. The summed E-state index contributed by atoms with van der Waals surface area (Å²) in [5, 5.41) is 6.82. The lowest BCUT2D eigenvalue weighted by atomic mass is 9.73. The Morgan fingerprint density at radius 3 is 2.61 bits per heavy atom. The Balaban J connectivity index is 1.24. The molecule has 46 heavy (non-hydrogen) atoms. The predicted molar refractivity (Wildman–Crippen MR) is 183 cm³/mol. The van der Waals surface area contributed by atoms with Crippen LogP contribution in [0.2, 0.25) is 0 Å². The van der Waals surface area contributed by atoms with Gasteiger partial charge in [-0.15, -0.1) is 0 Å². The molecule has 0 saturated heterocycles. The Labute approximate surface area is 264 Å². The van der Waals surface area contributed by atoms with Gasteiger partial charge < -0.3 is 13.9 Å². The van der Waals surface area contributed by atoms with Gasteiger partial charge in [-0.3, -0.25) is 0 Å². The highest BCUT2D eigenvalue weighted by Gasteiger charge is 2.49. The van der Waals surface area contributed by atoms with Crippen LogP contribution in [-0.2, 0) is 0 Å². The lowest BCUT2D eigenvalue weighted by Crippen LogP contribution is -2.29. The fraction of sp³-hybridized carbons (Fsp3) is 0.100. The van der Waals surface area contributed by atoms with Crippen molar-refractivity contribution in [2.75, 3.05) is 4.90 Å². The van der Waals surface area contributed by atoms with Crippen LogP contribution in [0.25, 0.3) is 50.0 Å². The van der Waals surface area contributed by atoms with Crippen LogP contribution >= 0.6 is 0 Å². The monoisotopic (exact) mass is 593 g/mol. The van der Waals surface area contributed by atoms with Crippen LogP contribution in [0.5, 0.6) is 0 Å². The first-order valence-electron chi connectivity index (χ1n) is 16.0. The van der Waals surface area contributed by atoms with E-state index < -0.39 is 0 Å². The third-order valence-electron chi connectivity index (χ3n) is 10.2. The fourth-order valence-electron chi connectivity index (χ4n) is 8.49. The van der Waals surface area contributed by atoms with Crippen molar-refractivity contribution in [1.82, 2.24) is 19.2 Å². The number of hydrogen-bond acceptors (Lipinski definition) is 4. The second-order valence-corrected chi connectivity index (χ2v) is 12.5. The minimum Gasteiger partial charge on any atom is -0.436 e. The Kier molecular flexibility index (Phi) is 4.71. The average molecular weight is 594 g/mol. The van der Waals surface area contributed by atoms with Crippen LogP contribution in [0.1, 0.15) is 41.6 Å². The van der Waals surface area contributed by atoms with Crippen LogP contribution in [-0.4, -0.2) is 19.2 Å². The minimum atomic E-state index is 0.0454. The number of para-hydroxylation sites is 3. The standard InChI is InChI=1S/C40H27N5O/c1-2-11-24(12-3-1)43-31-17-8-6-15-28(31)35-26-13-4-5-14-27(26)36-29-16-7-9-18-32(29)44(39(36)38(35)43)25-20-21-33-30(23-25)37-40(46-33)45-34(42-37)19-10-22-41-45/h1-3,5-12,14-23,36,39H,4,13H2. The number of imidazole rings is 1. The molecule has 6 nitrogen and oxygen atoms in total. The maximum atomic E-state index is 6.34. The Bertz CT molecular complexity index is 2620. The smallest absolute Gasteiger partial charge is 0.249 e. The highest BCUT2D eigenvalue weighted by atomic mass is 16.3. The van der Waals surface area contributed by atoms with Gasteiger partial charge in [0.15, 0.2) is 5.65 Å². The van der Waals surface area contributed by atoms with Crippen molar-refractivity contribution in [2.45, 2.75) is 24.8 Å². The molecule has 218 valence electrons. The molecule has 2 atom stereocenters. The number of nitrogens with zero attached hydrogens (tertiary/aromatic N) is 5. The molecular formula is C40H27N5O. The summed E-state index contributed by atoms with van der Waals surface area (Å²) in [6, 6.07) is 39.3. The second-order valence-electron chi connectivity index (χ2n) is 12.5. The quantitative estimate of drug-likeness (QED) is 0.200. The van der Waals surface area contributed by atoms with E-state index in [1.54, 1.807) is 10.7 Å². The molecule has 5 heterocycles. The van der Waals surface area contributed by atoms with E-state index >= 15 is 0 Å². The summed E-state index contributed by atoms with van der Waals surface area (Å²) in [5.41, 5.74) is 15.0. The number of aromatic nitrogens is 4. The van der Waals surface area contributed by atoms with E-state index in [1.165, 1.54) is 50.2 Å². The molecular weight excluding hydrogens is 566 g/mol. The molecule has 2 aliphatic carbocycles. The molecule has 4 aromatic carbocycles. The van der Waals surface area contributed by atoms with Gasteiger partial charge in [0.05, 0.1) is 22.6 Å². The van der Waals surface area contributed by atoms with Crippen molar-refractivity contribution in [1.29, 1.82) is 0 Å². The van der Waals surface area contributed by atoms with E-state index in [2.05, 4.69) is 124 Å². The molecule has 1 aliphatic heterocycles. The number of furan rings is 1. The number of benzene rings is 4. The molecule has 0 amide bonds. The molecule has 0 fully saturated rings. The number of rotatable bonds is 2. The lowest BCUT2D eigenvalue weighted by Gasteiger charge is -2.38. The highest BCUT2D eigenvalue weighted by molar-refractivity contribution is 6.05. The molecule has 3 aliphatic rings. The van der Waals surface area contributed by atoms with E-state index in [4.69, 9.17) is 9.40 Å². The zero-order valence-electron chi connectivity index (χ0n) is 24.8. The number of anilines is 2. The normalized spacial score (nSPS) is 18.5. The van der Waals surface area contributed by atoms with Crippen LogP contribution in [0.4, 0.5) is 11.4 Å². The van der Waals surface area contributed by atoms with Gasteiger partial charge in [-0.2, -0.15) is 9.61 Å². The Morgan fingerprint density at radius 1 is 0.783 bits per heavy atom. The average Bonchev–Trinajstić information content (AvgIpc) is 3.85. The molecule has 2 unspecified atom stereocenters. The van der Waals surface area contributed by atoms with E-state index in [1.807, 2.05) is 12.1 Å². The zero-order valence-corrected chi connectivity index (χ0v) is 24.8. The van der Waals surface area contributed by atoms with Gasteiger partial charge >= 0.3 is 0 Å². The van der Waals surface area contributed by atoms with Crippen molar-refractivity contribution in [3.8, 4) is 5.69 Å². The van der Waals surface area contributed by atoms with E-state index in [-0.39, 0.29) is 12.0 Å². The molecule has 0 saturated carbocycles. The second kappa shape index (κ2) is 8.86. The maximum Gasteiger partial charge on any atom is 0.249 e. The van der Waals surface area contributed by atoms with E-state index in [0.717, 1.165) is 40.7 Å². The Morgan fingerprint density at radius 2 is 1.65 bits per heavy atom. The summed E-state index contributed by atoms with van der Waals surface area (Å²) in [6.45, 7) is 0. The van der Waals surface area contributed by atoms with Crippen molar-refractivity contribution < 1.29 is 4.42 Å². The predicted octanol–water partition coefficient (Wildman–Crippen LogP) is 9.67. The minimum absolute atomic E-state index is 0.0454. The first kappa shape index (κ1) is 24.4. The fourth-order valence-corrected chi connectivity index (χ4v) is 8.49. The summed E-state index contributed by atoms with van der Waals surface area (Å²) in [4.78, 5) is 7.52. The first-order valence-corrected chi connectivity index (χ1v) is 16.0. The van der Waals surface area contributed by atoms with Gasteiger partial charge in [0.2, 0.25) is 5.71 Å². The number of hydrogen-bond donors (Lipinski definition) is 0. The third kappa shape index (κ3) is 3.06. The molecule has 11 rings (SSSR count). The van der Waals surface area contributed by atoms with Gasteiger partial charge in [0, 0.05) is 40.1 Å². The number of fused-ring (bicyclic) bond motifs is 14. The van der Waals surface area contributed by atoms with E-state index in [9.17, 15) is 0 Å². The van der Waals surface area contributed by atoms with E-state index in [0.29, 0.717) is 5.71 Å². The first-order chi connectivity index (χ1) is 22.8. The van der Waals surface area contributed by atoms with Crippen LogP contribution in [0.15, 0.2) is 138 Å². The molecule has 4 aromatic heterocycles. The molecule has 0 bridgehead atoms. The molecule has 8 aromatic rings. The van der Waals surface area contributed by atoms with Crippen LogP contribution in [0, 0.1) is 0 Å².